The van der Waals surface area contributed by atoms with Gasteiger partial charge in [0.05, 0.1) is 17.2 Å². The lowest BCUT2D eigenvalue weighted by atomic mass is 9.94. The van der Waals surface area contributed by atoms with Crippen molar-refractivity contribution in [3.05, 3.63) is 30.1 Å². The molecule has 1 aromatic rings. The maximum Gasteiger partial charge on any atom is 0.251 e. The Bertz CT molecular complexity index is 440. The molecule has 1 aromatic heterocycles. The molecule has 18 heavy (non-hydrogen) atoms. The first kappa shape index (κ1) is 13.0. The molecule has 0 spiro atoms. The van der Waals surface area contributed by atoms with Crippen LogP contribution in [-0.2, 0) is 4.74 Å². The Morgan fingerprint density at radius 2 is 1.94 bits per heavy atom. The Balaban J connectivity index is 2.09. The molecule has 0 bridgehead atoms. The van der Waals surface area contributed by atoms with Crippen LogP contribution in [0.2, 0.25) is 0 Å². The molecule has 2 heterocycles. The van der Waals surface area contributed by atoms with Crippen LogP contribution in [0.15, 0.2) is 24.5 Å². The summed E-state index contributed by atoms with van der Waals surface area (Å²) in [5.74, 6) is -0.0724. The van der Waals surface area contributed by atoms with Crippen LogP contribution in [0.1, 0.15) is 44.5 Å². The molecule has 1 atom stereocenters. The third-order valence-electron chi connectivity index (χ3n) is 3.32. The highest BCUT2D eigenvalue weighted by molar-refractivity contribution is 5.94. The van der Waals surface area contributed by atoms with Gasteiger partial charge in [-0.3, -0.25) is 9.78 Å². The normalized spacial score (nSPS) is 24.8. The summed E-state index contributed by atoms with van der Waals surface area (Å²) in [6.45, 7) is 8.12. The molecule has 0 aliphatic carbocycles. The standard InChI is InChI=1S/C14H20N2O2/c1-13(2)9-11(14(3,4)18-13)16-12(17)10-5-7-15-8-6-10/h5-8,11H,9H2,1-4H3,(H,16,17)/t11-/m0/s1. The first-order valence-electron chi connectivity index (χ1n) is 6.21. The summed E-state index contributed by atoms with van der Waals surface area (Å²) in [7, 11) is 0. The van der Waals surface area contributed by atoms with E-state index in [9.17, 15) is 4.79 Å². The van der Waals surface area contributed by atoms with Gasteiger partial charge in [-0.15, -0.1) is 0 Å². The van der Waals surface area contributed by atoms with Crippen LogP contribution in [0.4, 0.5) is 0 Å². The predicted molar refractivity (Wildman–Crippen MR) is 69.4 cm³/mol. The van der Waals surface area contributed by atoms with Gasteiger partial charge >= 0.3 is 0 Å². The highest BCUT2D eigenvalue weighted by Gasteiger charge is 2.46. The number of nitrogens with zero attached hydrogens (tertiary/aromatic N) is 1. The lowest BCUT2D eigenvalue weighted by Gasteiger charge is -2.27. The van der Waals surface area contributed by atoms with Gasteiger partial charge in [-0.25, -0.2) is 0 Å². The zero-order valence-corrected chi connectivity index (χ0v) is 11.4. The molecule has 98 valence electrons. The van der Waals surface area contributed by atoms with E-state index in [4.69, 9.17) is 4.74 Å². The number of hydrogen-bond donors (Lipinski definition) is 1. The zero-order chi connectivity index (χ0) is 13.4. The molecule has 1 saturated heterocycles. The molecular weight excluding hydrogens is 228 g/mol. The minimum Gasteiger partial charge on any atom is -0.367 e. The van der Waals surface area contributed by atoms with E-state index >= 15 is 0 Å². The summed E-state index contributed by atoms with van der Waals surface area (Å²) in [5.41, 5.74) is 0.0943. The van der Waals surface area contributed by atoms with Gasteiger partial charge in [0.2, 0.25) is 0 Å². The van der Waals surface area contributed by atoms with Crippen molar-refractivity contribution >= 4 is 5.91 Å². The molecule has 1 fully saturated rings. The molecule has 0 radical (unpaired) electrons. The fraction of sp³-hybridized carbons (Fsp3) is 0.571. The second-order valence-corrected chi connectivity index (χ2v) is 5.93. The van der Waals surface area contributed by atoms with Crippen LogP contribution < -0.4 is 5.32 Å². The largest absolute Gasteiger partial charge is 0.367 e. The van der Waals surface area contributed by atoms with Gasteiger partial charge in [-0.05, 0) is 46.2 Å². The minimum atomic E-state index is -0.341. The summed E-state index contributed by atoms with van der Waals surface area (Å²) < 4.78 is 5.96. The van der Waals surface area contributed by atoms with Gasteiger partial charge in [0.1, 0.15) is 0 Å². The van der Waals surface area contributed by atoms with Crippen LogP contribution in [0, 0.1) is 0 Å². The highest BCUT2D eigenvalue weighted by Crippen LogP contribution is 2.37. The van der Waals surface area contributed by atoms with Crippen molar-refractivity contribution in [2.24, 2.45) is 0 Å². The van der Waals surface area contributed by atoms with Crippen LogP contribution in [0.25, 0.3) is 0 Å². The van der Waals surface area contributed by atoms with Gasteiger partial charge in [0.15, 0.2) is 0 Å². The van der Waals surface area contributed by atoms with Gasteiger partial charge < -0.3 is 10.1 Å². The van der Waals surface area contributed by atoms with Gasteiger partial charge in [0, 0.05) is 18.0 Å². The molecule has 1 aliphatic heterocycles. The van der Waals surface area contributed by atoms with Crippen molar-refractivity contribution < 1.29 is 9.53 Å². The quantitative estimate of drug-likeness (QED) is 0.872. The van der Waals surface area contributed by atoms with E-state index in [-0.39, 0.29) is 23.2 Å². The molecule has 4 heteroatoms. The van der Waals surface area contributed by atoms with Crippen molar-refractivity contribution in [1.29, 1.82) is 0 Å². The van der Waals surface area contributed by atoms with E-state index in [1.807, 2.05) is 27.7 Å². The predicted octanol–water partition coefficient (Wildman–Crippen LogP) is 2.16. The van der Waals surface area contributed by atoms with Crippen molar-refractivity contribution in [3.63, 3.8) is 0 Å². The topological polar surface area (TPSA) is 51.2 Å². The zero-order valence-electron chi connectivity index (χ0n) is 11.4. The number of amides is 1. The van der Waals surface area contributed by atoms with Crippen molar-refractivity contribution in [1.82, 2.24) is 10.3 Å². The maximum atomic E-state index is 12.1. The Kier molecular flexibility index (Phi) is 3.15. The Morgan fingerprint density at radius 1 is 1.33 bits per heavy atom. The number of carbonyl (C=O) groups excluding carboxylic acids is 1. The van der Waals surface area contributed by atoms with Gasteiger partial charge in [-0.2, -0.15) is 0 Å². The summed E-state index contributed by atoms with van der Waals surface area (Å²) in [6, 6.07) is 3.44. The lowest BCUT2D eigenvalue weighted by Crippen LogP contribution is -2.46. The monoisotopic (exact) mass is 248 g/mol. The Morgan fingerprint density at radius 3 is 2.44 bits per heavy atom. The summed E-state index contributed by atoms with van der Waals surface area (Å²) >= 11 is 0. The van der Waals surface area contributed by atoms with Crippen molar-refractivity contribution in [2.45, 2.75) is 51.4 Å². The second kappa shape index (κ2) is 4.35. The smallest absolute Gasteiger partial charge is 0.251 e. The highest BCUT2D eigenvalue weighted by atomic mass is 16.5. The molecule has 0 unspecified atom stereocenters. The van der Waals surface area contributed by atoms with E-state index in [0.717, 1.165) is 6.42 Å². The summed E-state index contributed by atoms with van der Waals surface area (Å²) in [4.78, 5) is 16.0. The van der Waals surface area contributed by atoms with Gasteiger partial charge in [-0.1, -0.05) is 0 Å². The number of aromatic nitrogens is 1. The fourth-order valence-corrected chi connectivity index (χ4v) is 2.53. The number of rotatable bonds is 2. The second-order valence-electron chi connectivity index (χ2n) is 5.93. The number of ether oxygens (including phenoxy) is 1. The molecule has 0 saturated carbocycles. The van der Waals surface area contributed by atoms with E-state index in [1.165, 1.54) is 0 Å². The molecule has 1 aliphatic rings. The maximum absolute atomic E-state index is 12.1. The fourth-order valence-electron chi connectivity index (χ4n) is 2.53. The van der Waals surface area contributed by atoms with E-state index < -0.39 is 0 Å². The molecule has 4 nitrogen and oxygen atoms in total. The Labute approximate surface area is 108 Å². The van der Waals surface area contributed by atoms with Gasteiger partial charge in [0.25, 0.3) is 5.91 Å². The average Bonchev–Trinajstić information content (AvgIpc) is 2.48. The number of nitrogens with one attached hydrogen (secondary N) is 1. The first-order valence-corrected chi connectivity index (χ1v) is 6.21. The van der Waals surface area contributed by atoms with Crippen LogP contribution >= 0.6 is 0 Å². The molecule has 0 aromatic carbocycles. The van der Waals surface area contributed by atoms with Crippen LogP contribution in [0.3, 0.4) is 0 Å². The lowest BCUT2D eigenvalue weighted by molar-refractivity contribution is -0.0693. The van der Waals surface area contributed by atoms with E-state index in [2.05, 4.69) is 10.3 Å². The SMILES string of the molecule is CC1(C)C[C@H](NC(=O)c2ccncc2)C(C)(C)O1. The van der Waals surface area contributed by atoms with E-state index in [1.54, 1.807) is 24.5 Å². The summed E-state index contributed by atoms with van der Waals surface area (Å²) in [5, 5.41) is 3.05. The molecule has 2 rings (SSSR count). The van der Waals surface area contributed by atoms with E-state index in [0.29, 0.717) is 5.56 Å². The van der Waals surface area contributed by atoms with Crippen LogP contribution in [-0.4, -0.2) is 28.1 Å². The third-order valence-corrected chi connectivity index (χ3v) is 3.32. The van der Waals surface area contributed by atoms with Crippen molar-refractivity contribution in [3.8, 4) is 0 Å². The molecular formula is C14H20N2O2. The molecule has 1 N–H and O–H groups in total. The number of carbonyl (C=O) groups is 1. The minimum absolute atomic E-state index is 0.0214. The average molecular weight is 248 g/mol. The summed E-state index contributed by atoms with van der Waals surface area (Å²) in [6.07, 6.45) is 4.06. The third kappa shape index (κ3) is 2.70. The van der Waals surface area contributed by atoms with Crippen molar-refractivity contribution in [2.75, 3.05) is 0 Å². The number of pyridine rings is 1. The first-order chi connectivity index (χ1) is 8.30. The van der Waals surface area contributed by atoms with Crippen LogP contribution in [0.5, 0.6) is 0 Å². The Hall–Kier alpha value is -1.42. The molecule has 1 amide bonds. The number of hydrogen-bond acceptors (Lipinski definition) is 3.